The third kappa shape index (κ3) is 3.85. The molecule has 1 aliphatic heterocycles. The average Bonchev–Trinajstić information content (AvgIpc) is 3.54. The Morgan fingerprint density at radius 1 is 1.12 bits per heavy atom. The lowest BCUT2D eigenvalue weighted by molar-refractivity contribution is -0.116. The van der Waals surface area contributed by atoms with E-state index in [1.807, 2.05) is 60.0 Å². The van der Waals surface area contributed by atoms with Crippen molar-refractivity contribution in [2.45, 2.75) is 24.5 Å². The molecule has 1 amide bonds. The summed E-state index contributed by atoms with van der Waals surface area (Å²) in [7, 11) is 0. The quantitative estimate of drug-likeness (QED) is 0.331. The highest BCUT2D eigenvalue weighted by Crippen LogP contribution is 2.33. The first kappa shape index (κ1) is 20.3. The molecular formula is C24H20N4O3S. The maximum atomic E-state index is 12.9. The Kier molecular flexibility index (Phi) is 5.36. The first-order chi connectivity index (χ1) is 15.6. The zero-order chi connectivity index (χ0) is 22.1. The lowest BCUT2D eigenvalue weighted by Gasteiger charge is -2.09. The molecule has 0 unspecified atom stereocenters. The maximum Gasteiger partial charge on any atom is 0.231 e. The molecular weight excluding hydrogens is 424 g/mol. The highest BCUT2D eigenvalue weighted by molar-refractivity contribution is 7.99. The van der Waals surface area contributed by atoms with Gasteiger partial charge in [0.1, 0.15) is 5.76 Å². The fourth-order valence-corrected chi connectivity index (χ4v) is 4.53. The number of benzene rings is 2. The second-order valence-electron chi connectivity index (χ2n) is 7.56. The van der Waals surface area contributed by atoms with Gasteiger partial charge < -0.3 is 9.73 Å². The van der Waals surface area contributed by atoms with Gasteiger partial charge in [0.05, 0.1) is 24.5 Å². The van der Waals surface area contributed by atoms with Gasteiger partial charge >= 0.3 is 0 Å². The molecule has 0 saturated carbocycles. The van der Waals surface area contributed by atoms with Gasteiger partial charge in [-0.1, -0.05) is 42.1 Å². The number of anilines is 1. The van der Waals surface area contributed by atoms with Crippen molar-refractivity contribution in [2.75, 3.05) is 11.1 Å². The van der Waals surface area contributed by atoms with Crippen LogP contribution in [0.4, 0.5) is 5.69 Å². The van der Waals surface area contributed by atoms with Crippen molar-refractivity contribution in [3.8, 4) is 11.4 Å². The zero-order valence-electron chi connectivity index (χ0n) is 17.3. The molecule has 4 aromatic rings. The van der Waals surface area contributed by atoms with Crippen molar-refractivity contribution >= 4 is 29.1 Å². The summed E-state index contributed by atoms with van der Waals surface area (Å²) < 4.78 is 7.48. The summed E-state index contributed by atoms with van der Waals surface area (Å²) >= 11 is 1.34. The number of amides is 1. The van der Waals surface area contributed by atoms with Gasteiger partial charge in [-0.15, -0.1) is 10.2 Å². The number of hydrogen-bond acceptors (Lipinski definition) is 6. The number of hydrogen-bond donors (Lipinski definition) is 1. The topological polar surface area (TPSA) is 90.0 Å². The van der Waals surface area contributed by atoms with Crippen molar-refractivity contribution in [1.29, 1.82) is 0 Å². The number of fused-ring (bicyclic) bond motifs is 1. The lowest BCUT2D eigenvalue weighted by atomic mass is 9.99. The minimum Gasteiger partial charge on any atom is -0.467 e. The highest BCUT2D eigenvalue weighted by atomic mass is 32.2. The third-order valence-corrected chi connectivity index (χ3v) is 6.43. The number of Topliss-reactive ketones (excluding diaryl/α,β-unsaturated/α-hetero) is 1. The van der Waals surface area contributed by atoms with Crippen molar-refractivity contribution < 1.29 is 14.0 Å². The first-order valence-electron chi connectivity index (χ1n) is 10.2. The van der Waals surface area contributed by atoms with Gasteiger partial charge in [-0.3, -0.25) is 14.2 Å². The first-order valence-corrected chi connectivity index (χ1v) is 11.2. The van der Waals surface area contributed by atoms with Crippen LogP contribution in [-0.2, 0) is 11.3 Å². The van der Waals surface area contributed by atoms with Gasteiger partial charge in [-0.25, -0.2) is 0 Å². The molecule has 5 rings (SSSR count). The van der Waals surface area contributed by atoms with Crippen molar-refractivity contribution in [2.24, 2.45) is 0 Å². The van der Waals surface area contributed by atoms with Crippen LogP contribution in [0.15, 0.2) is 76.5 Å². The average molecular weight is 445 g/mol. The van der Waals surface area contributed by atoms with Crippen molar-refractivity contribution in [1.82, 2.24) is 14.8 Å². The van der Waals surface area contributed by atoms with Gasteiger partial charge in [0.25, 0.3) is 0 Å². The summed E-state index contributed by atoms with van der Waals surface area (Å²) in [6.07, 6.45) is 1.63. The number of nitrogens with one attached hydrogen (secondary N) is 1. The molecule has 8 heteroatoms. The molecule has 2 aromatic heterocycles. The van der Waals surface area contributed by atoms with E-state index < -0.39 is 0 Å². The van der Waals surface area contributed by atoms with E-state index in [1.54, 1.807) is 18.4 Å². The molecule has 0 bridgehead atoms. The smallest absolute Gasteiger partial charge is 0.231 e. The minimum absolute atomic E-state index is 0.0295. The van der Waals surface area contributed by atoms with Crippen LogP contribution in [0.2, 0.25) is 0 Å². The summed E-state index contributed by atoms with van der Waals surface area (Å²) in [4.78, 5) is 24.8. The van der Waals surface area contributed by atoms with E-state index in [2.05, 4.69) is 15.5 Å². The van der Waals surface area contributed by atoms with Crippen LogP contribution in [0.1, 0.15) is 34.5 Å². The predicted molar refractivity (Wildman–Crippen MR) is 122 cm³/mol. The second kappa shape index (κ2) is 8.47. The Hall–Kier alpha value is -3.65. The molecule has 1 aliphatic rings. The van der Waals surface area contributed by atoms with Gasteiger partial charge in [0.2, 0.25) is 5.91 Å². The number of thioether (sulfide) groups is 1. The molecule has 2 aromatic carbocycles. The van der Waals surface area contributed by atoms with Crippen LogP contribution in [0.5, 0.6) is 0 Å². The standard InChI is InChI=1S/C24H20N4O3S/c1-15-19-12-17(9-10-20(19)25-23(15)30)21(29)14-32-24-27-26-22(16-6-3-2-4-7-16)28(24)13-18-8-5-11-31-18/h2-12,15H,13-14H2,1H3,(H,25,30)/t15-/m0/s1. The summed E-state index contributed by atoms with van der Waals surface area (Å²) in [5.41, 5.74) is 3.16. The molecule has 0 aliphatic carbocycles. The van der Waals surface area contributed by atoms with E-state index in [0.29, 0.717) is 23.1 Å². The third-order valence-electron chi connectivity index (χ3n) is 5.47. The fourth-order valence-electron chi connectivity index (χ4n) is 3.70. The Bertz CT molecular complexity index is 1280. The minimum atomic E-state index is -0.254. The number of rotatable bonds is 7. The summed E-state index contributed by atoms with van der Waals surface area (Å²) in [6.45, 7) is 2.30. The van der Waals surface area contributed by atoms with Crippen molar-refractivity contribution in [3.05, 3.63) is 83.8 Å². The number of ketones is 1. The monoisotopic (exact) mass is 444 g/mol. The molecule has 0 fully saturated rings. The summed E-state index contributed by atoms with van der Waals surface area (Å²) in [5.74, 6) is 1.37. The summed E-state index contributed by atoms with van der Waals surface area (Å²) in [5, 5.41) is 12.2. The van der Waals surface area contributed by atoms with E-state index in [9.17, 15) is 9.59 Å². The fraction of sp³-hybridized carbons (Fsp3) is 0.167. The van der Waals surface area contributed by atoms with Crippen LogP contribution in [0, 0.1) is 0 Å². The number of furan rings is 1. The normalized spacial score (nSPS) is 14.9. The van der Waals surface area contributed by atoms with Crippen LogP contribution in [0.3, 0.4) is 0 Å². The number of carbonyl (C=O) groups excluding carboxylic acids is 2. The highest BCUT2D eigenvalue weighted by Gasteiger charge is 2.27. The van der Waals surface area contributed by atoms with Crippen LogP contribution < -0.4 is 5.32 Å². The van der Waals surface area contributed by atoms with E-state index >= 15 is 0 Å². The predicted octanol–water partition coefficient (Wildman–Crippen LogP) is 4.62. The van der Waals surface area contributed by atoms with Crippen molar-refractivity contribution in [3.63, 3.8) is 0 Å². The zero-order valence-corrected chi connectivity index (χ0v) is 18.1. The molecule has 1 N–H and O–H groups in total. The summed E-state index contributed by atoms with van der Waals surface area (Å²) in [6, 6.07) is 18.9. The van der Waals surface area contributed by atoms with Crippen LogP contribution >= 0.6 is 11.8 Å². The molecule has 0 radical (unpaired) electrons. The molecule has 160 valence electrons. The molecule has 0 saturated heterocycles. The number of carbonyl (C=O) groups is 2. The van der Waals surface area contributed by atoms with E-state index in [0.717, 1.165) is 22.6 Å². The number of nitrogens with zero attached hydrogens (tertiary/aromatic N) is 3. The van der Waals surface area contributed by atoms with Gasteiger partial charge in [0.15, 0.2) is 16.8 Å². The SMILES string of the molecule is C[C@@H]1C(=O)Nc2ccc(C(=O)CSc3nnc(-c4ccccc4)n3Cc3ccco3)cc21. The largest absolute Gasteiger partial charge is 0.467 e. The van der Waals surface area contributed by atoms with E-state index in [4.69, 9.17) is 4.42 Å². The van der Waals surface area contributed by atoms with Crippen LogP contribution in [0.25, 0.3) is 11.4 Å². The Morgan fingerprint density at radius 2 is 1.97 bits per heavy atom. The Morgan fingerprint density at radius 3 is 2.75 bits per heavy atom. The van der Waals surface area contributed by atoms with Gasteiger partial charge in [-0.2, -0.15) is 0 Å². The van der Waals surface area contributed by atoms with E-state index in [1.165, 1.54) is 11.8 Å². The van der Waals surface area contributed by atoms with Crippen LogP contribution in [-0.4, -0.2) is 32.2 Å². The molecule has 1 atom stereocenters. The molecule has 32 heavy (non-hydrogen) atoms. The van der Waals surface area contributed by atoms with E-state index in [-0.39, 0.29) is 23.4 Å². The maximum absolute atomic E-state index is 12.9. The molecule has 3 heterocycles. The molecule has 0 spiro atoms. The number of aromatic nitrogens is 3. The van der Waals surface area contributed by atoms with Gasteiger partial charge in [-0.05, 0) is 42.8 Å². The molecule has 7 nitrogen and oxygen atoms in total. The lowest BCUT2D eigenvalue weighted by Crippen LogP contribution is -2.08. The second-order valence-corrected chi connectivity index (χ2v) is 8.51. The Balaban J connectivity index is 1.38. The van der Waals surface area contributed by atoms with Gasteiger partial charge in [0, 0.05) is 16.8 Å². The Labute approximate surface area is 188 Å².